The first-order chi connectivity index (χ1) is 12.8. The van der Waals surface area contributed by atoms with E-state index in [9.17, 15) is 18.0 Å². The summed E-state index contributed by atoms with van der Waals surface area (Å²) in [6, 6.07) is 5.80. The van der Waals surface area contributed by atoms with Crippen LogP contribution in [0, 0.1) is 0 Å². The predicted octanol–water partition coefficient (Wildman–Crippen LogP) is 0.269. The number of nitrogens with one attached hydrogen (secondary N) is 2. The first-order valence-corrected chi connectivity index (χ1v) is 10.5. The monoisotopic (exact) mass is 396 g/mol. The average molecular weight is 397 g/mol. The van der Waals surface area contributed by atoms with Crippen LogP contribution in [0.25, 0.3) is 0 Å². The molecule has 1 aliphatic heterocycles. The van der Waals surface area contributed by atoms with Gasteiger partial charge < -0.3 is 15.5 Å². The zero-order valence-electron chi connectivity index (χ0n) is 15.9. The molecule has 0 unspecified atom stereocenters. The zero-order chi connectivity index (χ0) is 19.9. The number of nitrogens with zero attached hydrogens (tertiary/aromatic N) is 2. The van der Waals surface area contributed by atoms with Gasteiger partial charge in [0.15, 0.2) is 0 Å². The van der Waals surface area contributed by atoms with Crippen LogP contribution in [0.2, 0.25) is 0 Å². The Morgan fingerprint density at radius 2 is 1.70 bits per heavy atom. The van der Waals surface area contributed by atoms with Gasteiger partial charge in [0.05, 0.1) is 11.4 Å². The number of rotatable bonds is 9. The topological polar surface area (TPSA) is 98.8 Å². The summed E-state index contributed by atoms with van der Waals surface area (Å²) >= 11 is 0. The van der Waals surface area contributed by atoms with Crippen LogP contribution in [0.5, 0.6) is 0 Å². The van der Waals surface area contributed by atoms with Crippen LogP contribution in [-0.2, 0) is 14.8 Å². The van der Waals surface area contributed by atoms with Crippen molar-refractivity contribution in [1.29, 1.82) is 0 Å². The van der Waals surface area contributed by atoms with Gasteiger partial charge >= 0.3 is 0 Å². The van der Waals surface area contributed by atoms with Gasteiger partial charge in [-0.3, -0.25) is 9.59 Å². The lowest BCUT2D eigenvalue weighted by molar-refractivity contribution is -0.120. The van der Waals surface area contributed by atoms with Gasteiger partial charge in [-0.2, -0.15) is 4.31 Å². The molecule has 2 N–H and O–H groups in total. The number of benzene rings is 1. The third-order valence-electron chi connectivity index (χ3n) is 4.33. The van der Waals surface area contributed by atoms with E-state index >= 15 is 0 Å². The molecule has 0 spiro atoms. The Morgan fingerprint density at radius 1 is 1.07 bits per heavy atom. The number of carbonyl (C=O) groups excluding carboxylic acids is 2. The molecule has 1 aliphatic rings. The SMILES string of the molecule is CN(C)CCCNC(=O)CNC(=O)c1ccc(S(=O)(=O)N2CCCC2)cc1. The van der Waals surface area contributed by atoms with Crippen molar-refractivity contribution in [3.8, 4) is 0 Å². The molecular weight excluding hydrogens is 368 g/mol. The van der Waals surface area contributed by atoms with Crippen molar-refractivity contribution in [2.45, 2.75) is 24.2 Å². The normalized spacial score (nSPS) is 15.1. The smallest absolute Gasteiger partial charge is 0.251 e. The molecule has 2 rings (SSSR count). The molecule has 0 bridgehead atoms. The molecule has 1 aromatic rings. The van der Waals surface area contributed by atoms with Crippen LogP contribution >= 0.6 is 0 Å². The van der Waals surface area contributed by atoms with E-state index in [1.165, 1.54) is 28.6 Å². The van der Waals surface area contributed by atoms with Crippen LogP contribution in [-0.4, -0.2) is 76.3 Å². The van der Waals surface area contributed by atoms with E-state index in [4.69, 9.17) is 0 Å². The van der Waals surface area contributed by atoms with Gasteiger partial charge in [-0.05, 0) is 64.2 Å². The largest absolute Gasteiger partial charge is 0.355 e. The van der Waals surface area contributed by atoms with E-state index in [-0.39, 0.29) is 17.3 Å². The van der Waals surface area contributed by atoms with E-state index in [1.807, 2.05) is 19.0 Å². The fourth-order valence-corrected chi connectivity index (χ4v) is 4.32. The first-order valence-electron chi connectivity index (χ1n) is 9.10. The van der Waals surface area contributed by atoms with E-state index in [0.29, 0.717) is 25.2 Å². The lowest BCUT2D eigenvalue weighted by Crippen LogP contribution is -2.37. The van der Waals surface area contributed by atoms with E-state index < -0.39 is 15.9 Å². The van der Waals surface area contributed by atoms with Gasteiger partial charge in [-0.25, -0.2) is 8.42 Å². The molecule has 150 valence electrons. The highest BCUT2D eigenvalue weighted by Crippen LogP contribution is 2.21. The molecule has 27 heavy (non-hydrogen) atoms. The van der Waals surface area contributed by atoms with Gasteiger partial charge in [-0.1, -0.05) is 0 Å². The minimum atomic E-state index is -3.49. The fourth-order valence-electron chi connectivity index (χ4n) is 2.80. The van der Waals surface area contributed by atoms with E-state index in [1.54, 1.807) is 0 Å². The van der Waals surface area contributed by atoms with Gasteiger partial charge in [-0.15, -0.1) is 0 Å². The molecule has 0 aromatic heterocycles. The van der Waals surface area contributed by atoms with E-state index in [2.05, 4.69) is 10.6 Å². The lowest BCUT2D eigenvalue weighted by atomic mass is 10.2. The van der Waals surface area contributed by atoms with E-state index in [0.717, 1.165) is 25.8 Å². The van der Waals surface area contributed by atoms with Gasteiger partial charge in [0, 0.05) is 25.2 Å². The van der Waals surface area contributed by atoms with Crippen LogP contribution in [0.15, 0.2) is 29.2 Å². The van der Waals surface area contributed by atoms with Crippen molar-refractivity contribution >= 4 is 21.8 Å². The lowest BCUT2D eigenvalue weighted by Gasteiger charge is -2.15. The van der Waals surface area contributed by atoms with Crippen molar-refractivity contribution in [2.75, 3.05) is 46.8 Å². The highest BCUT2D eigenvalue weighted by Gasteiger charge is 2.27. The van der Waals surface area contributed by atoms with Crippen LogP contribution in [0.4, 0.5) is 0 Å². The fraction of sp³-hybridized carbons (Fsp3) is 0.556. The Morgan fingerprint density at radius 3 is 2.30 bits per heavy atom. The maximum atomic E-state index is 12.5. The van der Waals surface area contributed by atoms with Crippen molar-refractivity contribution in [1.82, 2.24) is 19.8 Å². The minimum absolute atomic E-state index is 0.116. The Hall–Kier alpha value is -1.97. The van der Waals surface area contributed by atoms with Crippen molar-refractivity contribution < 1.29 is 18.0 Å². The van der Waals surface area contributed by atoms with Crippen LogP contribution in [0.3, 0.4) is 0 Å². The number of carbonyl (C=O) groups is 2. The summed E-state index contributed by atoms with van der Waals surface area (Å²) in [5.74, 6) is -0.668. The Kier molecular flexibility index (Phi) is 7.76. The van der Waals surface area contributed by atoms with Gasteiger partial charge in [0.2, 0.25) is 15.9 Å². The molecule has 0 aliphatic carbocycles. The molecular formula is C18H28N4O4S. The summed E-state index contributed by atoms with van der Waals surface area (Å²) < 4.78 is 26.4. The second kappa shape index (κ2) is 9.82. The highest BCUT2D eigenvalue weighted by molar-refractivity contribution is 7.89. The molecule has 9 heteroatoms. The summed E-state index contributed by atoms with van der Waals surface area (Å²) in [6.45, 7) is 2.38. The molecule has 1 fully saturated rings. The Bertz CT molecular complexity index is 741. The number of hydrogen-bond acceptors (Lipinski definition) is 5. The third-order valence-corrected chi connectivity index (χ3v) is 6.25. The molecule has 0 saturated carbocycles. The molecule has 2 amide bonds. The number of hydrogen-bond donors (Lipinski definition) is 2. The number of sulfonamides is 1. The third kappa shape index (κ3) is 6.30. The molecule has 1 aromatic carbocycles. The summed E-state index contributed by atoms with van der Waals surface area (Å²) in [5, 5.41) is 5.28. The molecule has 0 radical (unpaired) electrons. The molecule has 0 atom stereocenters. The van der Waals surface area contributed by atoms with Gasteiger partial charge in [0.1, 0.15) is 0 Å². The van der Waals surface area contributed by atoms with Crippen LogP contribution in [0.1, 0.15) is 29.6 Å². The average Bonchev–Trinajstić information content (AvgIpc) is 3.19. The number of amides is 2. The quantitative estimate of drug-likeness (QED) is 0.584. The summed E-state index contributed by atoms with van der Waals surface area (Å²) in [4.78, 5) is 26.1. The molecule has 8 nitrogen and oxygen atoms in total. The molecule has 1 saturated heterocycles. The minimum Gasteiger partial charge on any atom is -0.355 e. The maximum absolute atomic E-state index is 12.5. The van der Waals surface area contributed by atoms with Crippen molar-refractivity contribution in [3.63, 3.8) is 0 Å². The zero-order valence-corrected chi connectivity index (χ0v) is 16.7. The standard InChI is InChI=1S/C18H28N4O4S/c1-21(2)11-5-10-19-17(23)14-20-18(24)15-6-8-16(9-7-15)27(25,26)22-12-3-4-13-22/h6-9H,3-5,10-14H2,1-2H3,(H,19,23)(H,20,24). The Labute approximate surface area is 161 Å². The summed E-state index contributed by atoms with van der Waals surface area (Å²) in [6.07, 6.45) is 2.58. The summed E-state index contributed by atoms with van der Waals surface area (Å²) in [5.41, 5.74) is 0.316. The summed E-state index contributed by atoms with van der Waals surface area (Å²) in [7, 11) is 0.432. The highest BCUT2D eigenvalue weighted by atomic mass is 32.2. The van der Waals surface area contributed by atoms with Crippen LogP contribution < -0.4 is 10.6 Å². The predicted molar refractivity (Wildman–Crippen MR) is 103 cm³/mol. The Balaban J connectivity index is 1.82. The second-order valence-electron chi connectivity index (χ2n) is 6.83. The first kappa shape index (κ1) is 21.3. The van der Waals surface area contributed by atoms with Gasteiger partial charge in [0.25, 0.3) is 5.91 Å². The van der Waals surface area contributed by atoms with Crippen molar-refractivity contribution in [3.05, 3.63) is 29.8 Å². The molecule has 1 heterocycles. The maximum Gasteiger partial charge on any atom is 0.251 e. The van der Waals surface area contributed by atoms with Crippen molar-refractivity contribution in [2.24, 2.45) is 0 Å². The second-order valence-corrected chi connectivity index (χ2v) is 8.76.